The Morgan fingerprint density at radius 2 is 2.09 bits per heavy atom. The summed E-state index contributed by atoms with van der Waals surface area (Å²) in [7, 11) is -0.638. The average molecular weight is 356 g/mol. The third-order valence-corrected chi connectivity index (χ3v) is 6.33. The standard InChI is InChI=1S/C14H20N4O3S2/c1-10-14(23(20,21)17(3)4)11(2)18(16-10)9-13(19)15-8-12-6-5-7-22-12/h5-7H,8-9H2,1-4H3,(H,15,19). The van der Waals surface area contributed by atoms with Gasteiger partial charge in [-0.15, -0.1) is 11.3 Å². The minimum Gasteiger partial charge on any atom is -0.350 e. The van der Waals surface area contributed by atoms with E-state index in [4.69, 9.17) is 0 Å². The van der Waals surface area contributed by atoms with Crippen LogP contribution in [0, 0.1) is 13.8 Å². The van der Waals surface area contributed by atoms with Gasteiger partial charge < -0.3 is 5.32 Å². The molecule has 1 N–H and O–H groups in total. The van der Waals surface area contributed by atoms with Crippen LogP contribution in [0.1, 0.15) is 16.3 Å². The number of nitrogens with one attached hydrogen (secondary N) is 1. The van der Waals surface area contributed by atoms with Crippen LogP contribution in [-0.2, 0) is 27.9 Å². The number of carbonyl (C=O) groups excluding carboxylic acids is 1. The Morgan fingerprint density at radius 1 is 1.39 bits per heavy atom. The Labute approximate surface area is 140 Å². The summed E-state index contributed by atoms with van der Waals surface area (Å²) < 4.78 is 27.2. The molecule has 2 rings (SSSR count). The molecule has 1 amide bonds. The van der Waals surface area contributed by atoms with Crippen molar-refractivity contribution in [3.63, 3.8) is 0 Å². The first kappa shape index (κ1) is 17.6. The van der Waals surface area contributed by atoms with Gasteiger partial charge in [0.2, 0.25) is 15.9 Å². The molecule has 0 aliphatic carbocycles. The maximum Gasteiger partial charge on any atom is 0.246 e. The van der Waals surface area contributed by atoms with Crippen molar-refractivity contribution in [1.29, 1.82) is 0 Å². The van der Waals surface area contributed by atoms with E-state index in [0.29, 0.717) is 17.9 Å². The highest BCUT2D eigenvalue weighted by molar-refractivity contribution is 7.89. The summed E-state index contributed by atoms with van der Waals surface area (Å²) in [5.74, 6) is -0.210. The van der Waals surface area contributed by atoms with Crippen LogP contribution in [0.25, 0.3) is 0 Å². The number of hydrogen-bond acceptors (Lipinski definition) is 5. The maximum atomic E-state index is 12.3. The number of thiophene rings is 1. The third kappa shape index (κ3) is 3.80. The molecule has 0 bridgehead atoms. The SMILES string of the molecule is Cc1nn(CC(=O)NCc2cccs2)c(C)c1S(=O)(=O)N(C)C. The molecule has 0 saturated heterocycles. The van der Waals surface area contributed by atoms with Crippen LogP contribution in [0.4, 0.5) is 0 Å². The van der Waals surface area contributed by atoms with Crippen molar-refractivity contribution in [2.24, 2.45) is 0 Å². The molecule has 2 aromatic heterocycles. The minimum atomic E-state index is -3.58. The van der Waals surface area contributed by atoms with Gasteiger partial charge in [0.15, 0.2) is 0 Å². The predicted molar refractivity (Wildman–Crippen MR) is 88.7 cm³/mol. The molecule has 9 heteroatoms. The smallest absolute Gasteiger partial charge is 0.246 e. The van der Waals surface area contributed by atoms with E-state index < -0.39 is 10.0 Å². The zero-order chi connectivity index (χ0) is 17.2. The molecule has 2 aromatic rings. The van der Waals surface area contributed by atoms with E-state index in [1.807, 2.05) is 17.5 Å². The molecule has 0 radical (unpaired) electrons. The normalized spacial score (nSPS) is 11.9. The van der Waals surface area contributed by atoms with Gasteiger partial charge in [-0.3, -0.25) is 9.48 Å². The first-order valence-corrected chi connectivity index (χ1v) is 9.31. The molecule has 0 aliphatic heterocycles. The Hall–Kier alpha value is -1.71. The van der Waals surface area contributed by atoms with Gasteiger partial charge in [-0.1, -0.05) is 6.07 Å². The Bertz CT molecular complexity index is 792. The highest BCUT2D eigenvalue weighted by Crippen LogP contribution is 2.21. The minimum absolute atomic E-state index is 0.0129. The maximum absolute atomic E-state index is 12.3. The Morgan fingerprint density at radius 3 is 2.65 bits per heavy atom. The summed E-state index contributed by atoms with van der Waals surface area (Å²) in [6.45, 7) is 3.73. The van der Waals surface area contributed by atoms with Crippen LogP contribution < -0.4 is 5.32 Å². The number of rotatable bonds is 6. The summed E-state index contributed by atoms with van der Waals surface area (Å²) in [6, 6.07) is 3.86. The molecule has 2 heterocycles. The molecule has 0 spiro atoms. The lowest BCUT2D eigenvalue weighted by molar-refractivity contribution is -0.122. The van der Waals surface area contributed by atoms with Crippen molar-refractivity contribution in [2.75, 3.05) is 14.1 Å². The van der Waals surface area contributed by atoms with Gasteiger partial charge in [-0.2, -0.15) is 5.10 Å². The zero-order valence-corrected chi connectivity index (χ0v) is 15.2. The van der Waals surface area contributed by atoms with Crippen LogP contribution in [0.3, 0.4) is 0 Å². The van der Waals surface area contributed by atoms with Gasteiger partial charge in [-0.05, 0) is 25.3 Å². The molecular formula is C14H20N4O3S2. The van der Waals surface area contributed by atoms with Crippen molar-refractivity contribution in [3.8, 4) is 0 Å². The van der Waals surface area contributed by atoms with Crippen molar-refractivity contribution in [1.82, 2.24) is 19.4 Å². The number of hydrogen-bond donors (Lipinski definition) is 1. The van der Waals surface area contributed by atoms with Crippen LogP contribution in [0.2, 0.25) is 0 Å². The topological polar surface area (TPSA) is 84.3 Å². The van der Waals surface area contributed by atoms with Gasteiger partial charge in [0.05, 0.1) is 17.9 Å². The molecule has 126 valence electrons. The van der Waals surface area contributed by atoms with E-state index >= 15 is 0 Å². The molecule has 0 aromatic carbocycles. The van der Waals surface area contributed by atoms with Crippen LogP contribution >= 0.6 is 11.3 Å². The van der Waals surface area contributed by atoms with Crippen LogP contribution in [0.15, 0.2) is 22.4 Å². The fourth-order valence-electron chi connectivity index (χ4n) is 2.18. The van der Waals surface area contributed by atoms with Crippen molar-refractivity contribution in [3.05, 3.63) is 33.8 Å². The summed E-state index contributed by atoms with van der Waals surface area (Å²) in [4.78, 5) is 13.3. The lowest BCUT2D eigenvalue weighted by Crippen LogP contribution is -2.28. The molecule has 7 nitrogen and oxygen atoms in total. The number of amides is 1. The summed E-state index contributed by atoms with van der Waals surface area (Å²) in [6.07, 6.45) is 0. The van der Waals surface area contributed by atoms with Gasteiger partial charge in [0.25, 0.3) is 0 Å². The highest BCUT2D eigenvalue weighted by atomic mass is 32.2. The van der Waals surface area contributed by atoms with Gasteiger partial charge in [0.1, 0.15) is 11.4 Å². The monoisotopic (exact) mass is 356 g/mol. The second kappa shape index (κ2) is 6.81. The van der Waals surface area contributed by atoms with Gasteiger partial charge in [0, 0.05) is 19.0 Å². The molecule has 0 unspecified atom stereocenters. The third-order valence-electron chi connectivity index (χ3n) is 3.39. The molecule has 23 heavy (non-hydrogen) atoms. The highest BCUT2D eigenvalue weighted by Gasteiger charge is 2.27. The lowest BCUT2D eigenvalue weighted by atomic mass is 10.4. The second-order valence-electron chi connectivity index (χ2n) is 5.30. The fraction of sp³-hybridized carbons (Fsp3) is 0.429. The molecular weight excluding hydrogens is 336 g/mol. The van der Waals surface area contributed by atoms with Crippen molar-refractivity contribution in [2.45, 2.75) is 31.8 Å². The van der Waals surface area contributed by atoms with Gasteiger partial charge in [-0.25, -0.2) is 12.7 Å². The van der Waals surface area contributed by atoms with Crippen LogP contribution in [-0.4, -0.2) is 42.5 Å². The molecule has 0 saturated carbocycles. The first-order valence-electron chi connectivity index (χ1n) is 6.99. The summed E-state index contributed by atoms with van der Waals surface area (Å²) >= 11 is 1.57. The first-order chi connectivity index (χ1) is 10.7. The van der Waals surface area contributed by atoms with E-state index in [-0.39, 0.29) is 17.3 Å². The van der Waals surface area contributed by atoms with E-state index in [2.05, 4.69) is 10.4 Å². The van der Waals surface area contributed by atoms with E-state index in [0.717, 1.165) is 9.18 Å². The molecule has 0 aliphatic rings. The zero-order valence-electron chi connectivity index (χ0n) is 13.5. The van der Waals surface area contributed by atoms with E-state index in [1.165, 1.54) is 18.8 Å². The Kier molecular flexibility index (Phi) is 5.23. The van der Waals surface area contributed by atoms with Crippen LogP contribution in [0.5, 0.6) is 0 Å². The number of sulfonamides is 1. The number of nitrogens with zero attached hydrogens (tertiary/aromatic N) is 3. The molecule has 0 atom stereocenters. The second-order valence-corrected chi connectivity index (χ2v) is 8.42. The van der Waals surface area contributed by atoms with Crippen molar-refractivity contribution >= 4 is 27.3 Å². The molecule has 0 fully saturated rings. The van der Waals surface area contributed by atoms with E-state index in [9.17, 15) is 13.2 Å². The van der Waals surface area contributed by atoms with E-state index in [1.54, 1.807) is 25.2 Å². The fourth-order valence-corrected chi connectivity index (χ4v) is 4.08. The number of carbonyl (C=O) groups is 1. The van der Waals surface area contributed by atoms with Crippen molar-refractivity contribution < 1.29 is 13.2 Å². The number of aryl methyl sites for hydroxylation is 1. The summed E-state index contributed by atoms with van der Waals surface area (Å²) in [5.41, 5.74) is 0.852. The Balaban J connectivity index is 2.14. The van der Waals surface area contributed by atoms with Gasteiger partial charge >= 0.3 is 0 Å². The number of aromatic nitrogens is 2. The lowest BCUT2D eigenvalue weighted by Gasteiger charge is -2.11. The average Bonchev–Trinajstić information content (AvgIpc) is 3.05. The summed E-state index contributed by atoms with van der Waals surface area (Å²) in [5, 5.41) is 8.94. The largest absolute Gasteiger partial charge is 0.350 e. The predicted octanol–water partition coefficient (Wildman–Crippen LogP) is 1.13. The quantitative estimate of drug-likeness (QED) is 0.841.